The first-order valence-electron chi connectivity index (χ1n) is 6.10. The highest BCUT2D eigenvalue weighted by Gasteiger charge is 2.26. The normalized spacial score (nSPS) is 12.2. The fourth-order valence-electron chi connectivity index (χ4n) is 1.80. The molecule has 0 radical (unpaired) electrons. The average molecular weight is 266 g/mol. The highest BCUT2D eigenvalue weighted by Crippen LogP contribution is 2.41. The zero-order valence-electron chi connectivity index (χ0n) is 11.2. The predicted octanol–water partition coefficient (Wildman–Crippen LogP) is 2.54. The molecule has 1 rings (SSSR count). The van der Waals surface area contributed by atoms with E-state index in [-0.39, 0.29) is 35.3 Å². The van der Waals surface area contributed by atoms with Gasteiger partial charge in [-0.05, 0) is 12.8 Å². The Hall–Kier alpha value is -2.04. The van der Waals surface area contributed by atoms with Crippen LogP contribution >= 0.6 is 0 Å². The highest BCUT2D eigenvalue weighted by atomic mass is 16.3. The van der Waals surface area contributed by atoms with Crippen molar-refractivity contribution in [3.63, 3.8) is 0 Å². The molecule has 0 fully saturated rings. The minimum absolute atomic E-state index is 0.00685. The Morgan fingerprint density at radius 3 is 2.26 bits per heavy atom. The molecular weight excluding hydrogens is 248 g/mol. The van der Waals surface area contributed by atoms with Crippen molar-refractivity contribution in [3.05, 3.63) is 16.7 Å². The standard InChI is InChI=1S/C14H18O5/c1-4-7(2)5-10(16)11-13(18)8(3)12(17)9(6-15)14(11)19/h6-7,17-19H,4-5H2,1-3H3/t7-/m0/s1. The number of ketones is 1. The Bertz CT molecular complexity index is 519. The second-order valence-electron chi connectivity index (χ2n) is 4.72. The smallest absolute Gasteiger partial charge is 0.170 e. The predicted molar refractivity (Wildman–Crippen MR) is 70.0 cm³/mol. The Morgan fingerprint density at radius 1 is 1.21 bits per heavy atom. The van der Waals surface area contributed by atoms with Crippen LogP contribution in [0.1, 0.15) is 53.0 Å². The first kappa shape index (κ1) is 15.0. The van der Waals surface area contributed by atoms with Gasteiger partial charge in [0.15, 0.2) is 12.1 Å². The van der Waals surface area contributed by atoms with Crippen molar-refractivity contribution >= 4 is 12.1 Å². The molecule has 3 N–H and O–H groups in total. The summed E-state index contributed by atoms with van der Waals surface area (Å²) in [7, 11) is 0. The molecular formula is C14H18O5. The van der Waals surface area contributed by atoms with Crippen LogP contribution in [0.15, 0.2) is 0 Å². The van der Waals surface area contributed by atoms with Crippen LogP contribution in [-0.2, 0) is 0 Å². The number of aldehydes is 1. The van der Waals surface area contributed by atoms with Crippen LogP contribution in [-0.4, -0.2) is 27.4 Å². The summed E-state index contributed by atoms with van der Waals surface area (Å²) in [6.45, 7) is 5.17. The van der Waals surface area contributed by atoms with Gasteiger partial charge in [-0.15, -0.1) is 0 Å². The monoisotopic (exact) mass is 266 g/mol. The molecule has 0 saturated heterocycles. The molecule has 1 atom stereocenters. The summed E-state index contributed by atoms with van der Waals surface area (Å²) in [5.74, 6) is -2.00. The Balaban J connectivity index is 3.39. The summed E-state index contributed by atoms with van der Waals surface area (Å²) in [6, 6.07) is 0. The average Bonchev–Trinajstić information content (AvgIpc) is 2.36. The molecule has 0 heterocycles. The number of phenols is 3. The number of aromatic hydroxyl groups is 3. The minimum Gasteiger partial charge on any atom is -0.507 e. The zero-order valence-corrected chi connectivity index (χ0v) is 11.2. The maximum Gasteiger partial charge on any atom is 0.170 e. The number of benzene rings is 1. The van der Waals surface area contributed by atoms with E-state index in [9.17, 15) is 24.9 Å². The summed E-state index contributed by atoms with van der Waals surface area (Å²) >= 11 is 0. The first-order chi connectivity index (χ1) is 8.84. The lowest BCUT2D eigenvalue weighted by Crippen LogP contribution is -2.08. The molecule has 19 heavy (non-hydrogen) atoms. The second kappa shape index (κ2) is 5.73. The van der Waals surface area contributed by atoms with E-state index in [1.807, 2.05) is 13.8 Å². The van der Waals surface area contributed by atoms with Gasteiger partial charge in [0.2, 0.25) is 0 Å². The Morgan fingerprint density at radius 2 is 1.79 bits per heavy atom. The molecule has 0 aliphatic carbocycles. The molecule has 1 aromatic carbocycles. The topological polar surface area (TPSA) is 94.8 Å². The van der Waals surface area contributed by atoms with Crippen LogP contribution in [0, 0.1) is 12.8 Å². The molecule has 0 amide bonds. The van der Waals surface area contributed by atoms with Crippen LogP contribution in [0.2, 0.25) is 0 Å². The quantitative estimate of drug-likeness (QED) is 0.562. The lowest BCUT2D eigenvalue weighted by molar-refractivity contribution is 0.0958. The number of hydrogen-bond acceptors (Lipinski definition) is 5. The number of Topliss-reactive ketones (excluding diaryl/α,β-unsaturated/α-hetero) is 1. The molecule has 0 unspecified atom stereocenters. The van der Waals surface area contributed by atoms with E-state index in [2.05, 4.69) is 0 Å². The molecule has 0 spiro atoms. The summed E-state index contributed by atoms with van der Waals surface area (Å²) in [6.07, 6.45) is 1.20. The van der Waals surface area contributed by atoms with Gasteiger partial charge in [-0.2, -0.15) is 0 Å². The first-order valence-corrected chi connectivity index (χ1v) is 6.10. The summed E-state index contributed by atoms with van der Waals surface area (Å²) in [5, 5.41) is 29.4. The van der Waals surface area contributed by atoms with Gasteiger partial charge in [0.25, 0.3) is 0 Å². The number of carbonyl (C=O) groups excluding carboxylic acids is 2. The largest absolute Gasteiger partial charge is 0.507 e. The van der Waals surface area contributed by atoms with E-state index < -0.39 is 23.0 Å². The number of rotatable bonds is 5. The summed E-state index contributed by atoms with van der Waals surface area (Å²) in [4.78, 5) is 22.9. The third-order valence-corrected chi connectivity index (χ3v) is 3.32. The van der Waals surface area contributed by atoms with Crippen molar-refractivity contribution in [2.45, 2.75) is 33.6 Å². The number of hydrogen-bond donors (Lipinski definition) is 3. The van der Waals surface area contributed by atoms with Gasteiger partial charge < -0.3 is 15.3 Å². The maximum atomic E-state index is 12.1. The van der Waals surface area contributed by atoms with E-state index in [0.29, 0.717) is 0 Å². The molecule has 0 aliphatic rings. The van der Waals surface area contributed by atoms with Crippen LogP contribution in [0.25, 0.3) is 0 Å². The molecule has 0 aromatic heterocycles. The fraction of sp³-hybridized carbons (Fsp3) is 0.429. The van der Waals surface area contributed by atoms with Crippen LogP contribution < -0.4 is 0 Å². The highest BCUT2D eigenvalue weighted by molar-refractivity contribution is 6.05. The van der Waals surface area contributed by atoms with Gasteiger partial charge in [0.05, 0.1) is 5.56 Å². The SMILES string of the molecule is CC[C@H](C)CC(=O)c1c(O)c(C)c(O)c(C=O)c1O. The van der Waals surface area contributed by atoms with Gasteiger partial charge in [-0.3, -0.25) is 9.59 Å². The van der Waals surface area contributed by atoms with E-state index in [1.54, 1.807) is 0 Å². The van der Waals surface area contributed by atoms with Crippen molar-refractivity contribution in [3.8, 4) is 17.2 Å². The summed E-state index contributed by atoms with van der Waals surface area (Å²) < 4.78 is 0. The molecule has 104 valence electrons. The third kappa shape index (κ3) is 2.70. The molecule has 5 heteroatoms. The molecule has 0 aliphatic heterocycles. The Kier molecular flexibility index (Phi) is 4.53. The maximum absolute atomic E-state index is 12.1. The number of phenolic OH excluding ortho intramolecular Hbond substituents is 3. The lowest BCUT2D eigenvalue weighted by Gasteiger charge is -2.14. The number of carbonyl (C=O) groups is 2. The van der Waals surface area contributed by atoms with Crippen molar-refractivity contribution in [2.24, 2.45) is 5.92 Å². The second-order valence-corrected chi connectivity index (χ2v) is 4.72. The van der Waals surface area contributed by atoms with Gasteiger partial charge in [-0.1, -0.05) is 20.3 Å². The van der Waals surface area contributed by atoms with Gasteiger partial charge in [0, 0.05) is 12.0 Å². The minimum atomic E-state index is -0.663. The van der Waals surface area contributed by atoms with E-state index in [1.165, 1.54) is 6.92 Å². The van der Waals surface area contributed by atoms with Gasteiger partial charge >= 0.3 is 0 Å². The van der Waals surface area contributed by atoms with Gasteiger partial charge in [0.1, 0.15) is 22.8 Å². The lowest BCUT2D eigenvalue weighted by atomic mass is 9.93. The van der Waals surface area contributed by atoms with Crippen molar-refractivity contribution in [1.29, 1.82) is 0 Å². The Labute approximate surface area is 111 Å². The zero-order chi connectivity index (χ0) is 14.7. The van der Waals surface area contributed by atoms with Crippen molar-refractivity contribution < 1.29 is 24.9 Å². The molecule has 5 nitrogen and oxygen atoms in total. The van der Waals surface area contributed by atoms with Crippen molar-refractivity contribution in [2.75, 3.05) is 0 Å². The van der Waals surface area contributed by atoms with Crippen molar-refractivity contribution in [1.82, 2.24) is 0 Å². The van der Waals surface area contributed by atoms with Gasteiger partial charge in [-0.25, -0.2) is 0 Å². The van der Waals surface area contributed by atoms with Crippen LogP contribution in [0.3, 0.4) is 0 Å². The van der Waals surface area contributed by atoms with E-state index in [4.69, 9.17) is 0 Å². The molecule has 0 bridgehead atoms. The third-order valence-electron chi connectivity index (χ3n) is 3.32. The van der Waals surface area contributed by atoms with E-state index >= 15 is 0 Å². The van der Waals surface area contributed by atoms with Crippen LogP contribution in [0.4, 0.5) is 0 Å². The molecule has 1 aromatic rings. The fourth-order valence-corrected chi connectivity index (χ4v) is 1.80. The summed E-state index contributed by atoms with van der Waals surface area (Å²) in [5.41, 5.74) is -0.659. The van der Waals surface area contributed by atoms with E-state index in [0.717, 1.165) is 6.42 Å². The molecule has 0 saturated carbocycles. The van der Waals surface area contributed by atoms with Crippen LogP contribution in [0.5, 0.6) is 17.2 Å².